The van der Waals surface area contributed by atoms with Crippen LogP contribution >= 0.6 is 0 Å². The molecule has 1 aliphatic carbocycles. The first-order valence-electron chi connectivity index (χ1n) is 14.3. The number of hydrogen-bond acceptors (Lipinski definition) is 6. The summed E-state index contributed by atoms with van der Waals surface area (Å²) in [6.45, 7) is 4.58. The predicted molar refractivity (Wildman–Crippen MR) is 154 cm³/mol. The number of carbonyl (C=O) groups is 1. The standard InChI is InChI=1S/C34H39FO6/c1-33(2)15-6-16-41-34(33,37)30-17-22(9-13-27(30)29-19-25(38-3)12-14-31(29)35)21-40-26-8-5-7-24(18-26)28(23-10-11-23)20-32(36)39-4/h5,7-9,12-14,17-19,23,28,37H,6,10-11,15-16,20-21H2,1-4H3/t28-,34?/m1/s1. The van der Waals surface area contributed by atoms with E-state index in [4.69, 9.17) is 18.9 Å². The van der Waals surface area contributed by atoms with E-state index in [1.54, 1.807) is 12.1 Å². The normalized spacial score (nSPS) is 20.7. The Labute approximate surface area is 241 Å². The molecule has 5 rings (SSSR count). The van der Waals surface area contributed by atoms with Gasteiger partial charge in [-0.2, -0.15) is 0 Å². The van der Waals surface area contributed by atoms with Gasteiger partial charge in [0.2, 0.25) is 0 Å². The predicted octanol–water partition coefficient (Wildman–Crippen LogP) is 7.12. The number of hydrogen-bond donors (Lipinski definition) is 1. The van der Waals surface area contributed by atoms with Gasteiger partial charge in [-0.15, -0.1) is 0 Å². The molecule has 1 unspecified atom stereocenters. The maximum Gasteiger partial charge on any atom is 0.306 e. The van der Waals surface area contributed by atoms with Crippen LogP contribution in [0.3, 0.4) is 0 Å². The zero-order valence-corrected chi connectivity index (χ0v) is 24.2. The number of rotatable bonds is 10. The second-order valence-corrected chi connectivity index (χ2v) is 11.8. The maximum atomic E-state index is 15.2. The lowest BCUT2D eigenvalue weighted by Gasteiger charge is -2.47. The van der Waals surface area contributed by atoms with E-state index in [9.17, 15) is 9.90 Å². The summed E-state index contributed by atoms with van der Waals surface area (Å²) in [7, 11) is 2.96. The van der Waals surface area contributed by atoms with Crippen LogP contribution < -0.4 is 9.47 Å². The van der Waals surface area contributed by atoms with Crippen LogP contribution in [0.4, 0.5) is 4.39 Å². The summed E-state index contributed by atoms with van der Waals surface area (Å²) < 4.78 is 37.7. The van der Waals surface area contributed by atoms with Crippen molar-refractivity contribution in [2.45, 2.75) is 64.3 Å². The van der Waals surface area contributed by atoms with Crippen molar-refractivity contribution in [3.05, 3.63) is 83.2 Å². The molecule has 1 heterocycles. The summed E-state index contributed by atoms with van der Waals surface area (Å²) >= 11 is 0. The molecule has 2 aliphatic rings. The average Bonchev–Trinajstić information content (AvgIpc) is 3.82. The van der Waals surface area contributed by atoms with E-state index in [1.165, 1.54) is 20.3 Å². The van der Waals surface area contributed by atoms with Crippen molar-refractivity contribution >= 4 is 5.97 Å². The number of aliphatic hydroxyl groups is 1. The molecule has 0 spiro atoms. The molecule has 2 atom stereocenters. The summed E-state index contributed by atoms with van der Waals surface area (Å²) in [5.41, 5.74) is 2.63. The van der Waals surface area contributed by atoms with E-state index >= 15 is 4.39 Å². The van der Waals surface area contributed by atoms with Crippen molar-refractivity contribution in [1.29, 1.82) is 0 Å². The van der Waals surface area contributed by atoms with Crippen molar-refractivity contribution in [2.75, 3.05) is 20.8 Å². The number of carbonyl (C=O) groups excluding carboxylic acids is 1. The van der Waals surface area contributed by atoms with Gasteiger partial charge < -0.3 is 24.1 Å². The third-order valence-electron chi connectivity index (χ3n) is 8.58. The zero-order chi connectivity index (χ0) is 29.2. The fraction of sp³-hybridized carbons (Fsp3) is 0.441. The van der Waals surface area contributed by atoms with Gasteiger partial charge in [0.15, 0.2) is 5.79 Å². The fourth-order valence-corrected chi connectivity index (χ4v) is 5.90. The van der Waals surface area contributed by atoms with Crippen LogP contribution in [0.25, 0.3) is 11.1 Å². The number of methoxy groups -OCH3 is 2. The van der Waals surface area contributed by atoms with Gasteiger partial charge in [-0.25, -0.2) is 4.39 Å². The van der Waals surface area contributed by atoms with Crippen LogP contribution in [-0.4, -0.2) is 31.9 Å². The van der Waals surface area contributed by atoms with Gasteiger partial charge in [0.25, 0.3) is 0 Å². The summed E-state index contributed by atoms with van der Waals surface area (Å²) in [4.78, 5) is 12.0. The van der Waals surface area contributed by atoms with Crippen LogP contribution in [0.1, 0.15) is 68.6 Å². The van der Waals surface area contributed by atoms with Gasteiger partial charge >= 0.3 is 5.97 Å². The van der Waals surface area contributed by atoms with Crippen LogP contribution in [0, 0.1) is 17.2 Å². The molecular formula is C34H39FO6. The minimum Gasteiger partial charge on any atom is -0.497 e. The molecule has 7 heteroatoms. The Hall–Kier alpha value is -3.42. The van der Waals surface area contributed by atoms with Gasteiger partial charge in [-0.1, -0.05) is 38.1 Å². The van der Waals surface area contributed by atoms with Crippen molar-refractivity contribution in [3.63, 3.8) is 0 Å². The summed E-state index contributed by atoms with van der Waals surface area (Å²) in [5.74, 6) is -0.452. The van der Waals surface area contributed by atoms with Crippen molar-refractivity contribution < 1.29 is 33.2 Å². The monoisotopic (exact) mass is 562 g/mol. The lowest BCUT2D eigenvalue weighted by atomic mass is 9.72. The molecule has 2 fully saturated rings. The highest BCUT2D eigenvalue weighted by atomic mass is 19.1. The Bertz CT molecular complexity index is 1400. The number of halogens is 1. The highest BCUT2D eigenvalue weighted by Crippen LogP contribution is 2.50. The van der Waals surface area contributed by atoms with Gasteiger partial charge in [0.05, 0.1) is 27.2 Å². The SMILES string of the molecule is COC(=O)C[C@@H](c1cccc(OCc2ccc(-c3cc(OC)ccc3F)c(C3(O)OCCCC3(C)C)c2)c1)C1CC1. The molecule has 3 aromatic carbocycles. The molecule has 0 bridgehead atoms. The van der Waals surface area contributed by atoms with Gasteiger partial charge in [0.1, 0.15) is 23.9 Å². The topological polar surface area (TPSA) is 74.2 Å². The molecule has 1 saturated heterocycles. The van der Waals surface area contributed by atoms with Crippen LogP contribution in [-0.2, 0) is 26.7 Å². The molecule has 1 saturated carbocycles. The lowest BCUT2D eigenvalue weighted by Crippen LogP contribution is -2.48. The molecule has 0 radical (unpaired) electrons. The third kappa shape index (κ3) is 6.11. The second-order valence-electron chi connectivity index (χ2n) is 11.8. The van der Waals surface area contributed by atoms with E-state index in [1.807, 2.05) is 56.3 Å². The molecule has 0 aromatic heterocycles. The van der Waals surface area contributed by atoms with Gasteiger partial charge in [0, 0.05) is 16.5 Å². The second kappa shape index (κ2) is 11.8. The van der Waals surface area contributed by atoms with Crippen LogP contribution in [0.2, 0.25) is 0 Å². The van der Waals surface area contributed by atoms with Crippen LogP contribution in [0.15, 0.2) is 60.7 Å². The van der Waals surface area contributed by atoms with Crippen LogP contribution in [0.5, 0.6) is 11.5 Å². The Morgan fingerprint density at radius 2 is 1.85 bits per heavy atom. The quantitative estimate of drug-likeness (QED) is 0.265. The minimum atomic E-state index is -1.63. The van der Waals surface area contributed by atoms with Crippen molar-refractivity contribution in [2.24, 2.45) is 11.3 Å². The fourth-order valence-electron chi connectivity index (χ4n) is 5.90. The van der Waals surface area contributed by atoms with Gasteiger partial charge in [-0.05, 0) is 90.6 Å². The summed E-state index contributed by atoms with van der Waals surface area (Å²) in [6.07, 6.45) is 4.15. The molecule has 41 heavy (non-hydrogen) atoms. The number of esters is 1. The molecule has 218 valence electrons. The zero-order valence-electron chi connectivity index (χ0n) is 24.2. The molecule has 3 aromatic rings. The molecular weight excluding hydrogens is 523 g/mol. The van der Waals surface area contributed by atoms with Crippen molar-refractivity contribution in [1.82, 2.24) is 0 Å². The Balaban J connectivity index is 1.46. The first-order chi connectivity index (χ1) is 19.6. The first kappa shape index (κ1) is 29.1. The lowest BCUT2D eigenvalue weighted by molar-refractivity contribution is -0.297. The summed E-state index contributed by atoms with van der Waals surface area (Å²) in [5, 5.41) is 12.0. The van der Waals surface area contributed by atoms with Gasteiger partial charge in [-0.3, -0.25) is 4.79 Å². The molecule has 0 amide bonds. The van der Waals surface area contributed by atoms with E-state index in [2.05, 4.69) is 0 Å². The minimum absolute atomic E-state index is 0.106. The molecule has 1 N–H and O–H groups in total. The highest BCUT2D eigenvalue weighted by Gasteiger charge is 2.49. The molecule has 6 nitrogen and oxygen atoms in total. The largest absolute Gasteiger partial charge is 0.497 e. The Morgan fingerprint density at radius 1 is 1.05 bits per heavy atom. The van der Waals surface area contributed by atoms with Crippen molar-refractivity contribution in [3.8, 4) is 22.6 Å². The van der Waals surface area contributed by atoms with E-state index in [-0.39, 0.29) is 18.5 Å². The first-order valence-corrected chi connectivity index (χ1v) is 14.3. The Morgan fingerprint density at radius 3 is 2.56 bits per heavy atom. The smallest absolute Gasteiger partial charge is 0.306 e. The molecule has 1 aliphatic heterocycles. The van der Waals surface area contributed by atoms with E-state index in [0.29, 0.717) is 47.1 Å². The Kier molecular flexibility index (Phi) is 8.39. The number of benzene rings is 3. The maximum absolute atomic E-state index is 15.2. The van der Waals surface area contributed by atoms with E-state index < -0.39 is 17.0 Å². The third-order valence-corrected chi connectivity index (χ3v) is 8.58. The average molecular weight is 563 g/mol. The highest BCUT2D eigenvalue weighted by molar-refractivity contribution is 5.71. The number of ether oxygens (including phenoxy) is 4. The van der Waals surface area contributed by atoms with E-state index in [0.717, 1.165) is 36.8 Å². The summed E-state index contributed by atoms with van der Waals surface area (Å²) in [6, 6.07) is 18.0.